The first kappa shape index (κ1) is 26.2. The molecule has 2 N–H and O–H groups in total. The van der Waals surface area contributed by atoms with E-state index in [-0.39, 0.29) is 0 Å². The van der Waals surface area contributed by atoms with Gasteiger partial charge in [-0.2, -0.15) is 0 Å². The van der Waals surface area contributed by atoms with Crippen molar-refractivity contribution in [3.8, 4) is 0 Å². The van der Waals surface area contributed by atoms with E-state index in [4.69, 9.17) is 14.2 Å². The molecule has 8 nitrogen and oxygen atoms in total. The monoisotopic (exact) mass is 402 g/mol. The molecule has 0 saturated heterocycles. The zero-order chi connectivity index (χ0) is 22.5. The summed E-state index contributed by atoms with van der Waals surface area (Å²) in [5, 5.41) is 5.11. The van der Waals surface area contributed by atoms with Crippen LogP contribution in [0.15, 0.2) is 0 Å². The van der Waals surface area contributed by atoms with Gasteiger partial charge in [0.2, 0.25) is 5.91 Å². The van der Waals surface area contributed by atoms with Crippen molar-refractivity contribution in [1.29, 1.82) is 0 Å². The average molecular weight is 403 g/mol. The summed E-state index contributed by atoms with van der Waals surface area (Å²) >= 11 is 0. The summed E-state index contributed by atoms with van der Waals surface area (Å²) in [6, 6.07) is -1.95. The van der Waals surface area contributed by atoms with Crippen LogP contribution in [0, 0.1) is 0 Å². The Morgan fingerprint density at radius 3 is 1.57 bits per heavy atom. The van der Waals surface area contributed by atoms with Gasteiger partial charge in [-0.05, 0) is 76.2 Å². The normalized spacial score (nSPS) is 15.8. The molecule has 0 fully saturated rings. The Kier molecular flexibility index (Phi) is 8.96. The molecular weight excluding hydrogens is 364 g/mol. The van der Waals surface area contributed by atoms with Crippen molar-refractivity contribution in [2.24, 2.45) is 0 Å². The van der Waals surface area contributed by atoms with Gasteiger partial charge in [-0.25, -0.2) is 9.59 Å². The Hall–Kier alpha value is -1.83. The number of alkyl carbamates (subject to hydrolysis) is 1. The van der Waals surface area contributed by atoms with Crippen molar-refractivity contribution in [3.05, 3.63) is 0 Å². The molecule has 0 aromatic carbocycles. The highest BCUT2D eigenvalue weighted by atomic mass is 16.6. The lowest BCUT2D eigenvalue weighted by molar-refractivity contribution is -0.158. The predicted molar refractivity (Wildman–Crippen MR) is 107 cm³/mol. The quantitative estimate of drug-likeness (QED) is 0.662. The summed E-state index contributed by atoms with van der Waals surface area (Å²) in [6.07, 6.45) is -1.42. The van der Waals surface area contributed by atoms with E-state index >= 15 is 0 Å². The van der Waals surface area contributed by atoms with Crippen LogP contribution in [0.25, 0.3) is 0 Å². The molecule has 0 unspecified atom stereocenters. The van der Waals surface area contributed by atoms with E-state index < -0.39 is 53.0 Å². The van der Waals surface area contributed by atoms with Crippen molar-refractivity contribution in [2.75, 3.05) is 0 Å². The van der Waals surface area contributed by atoms with E-state index in [1.54, 1.807) is 48.5 Å². The molecule has 0 radical (unpaired) electrons. The maximum Gasteiger partial charge on any atom is 0.408 e. The maximum atomic E-state index is 12.8. The highest BCUT2D eigenvalue weighted by Gasteiger charge is 2.34. The number of nitrogens with one attached hydrogen (secondary N) is 2. The summed E-state index contributed by atoms with van der Waals surface area (Å²) in [5.74, 6) is -1.14. The molecule has 0 aliphatic heterocycles. The van der Waals surface area contributed by atoms with Gasteiger partial charge in [-0.15, -0.1) is 0 Å². The third-order valence-electron chi connectivity index (χ3n) is 3.08. The summed E-state index contributed by atoms with van der Waals surface area (Å²) in [5.41, 5.74) is -1.93. The molecule has 164 valence electrons. The van der Waals surface area contributed by atoms with Gasteiger partial charge >= 0.3 is 12.1 Å². The summed E-state index contributed by atoms with van der Waals surface area (Å²) in [4.78, 5) is 37.1. The maximum absolute atomic E-state index is 12.8. The summed E-state index contributed by atoms with van der Waals surface area (Å²) in [6.45, 7) is 19.1. The first-order valence-electron chi connectivity index (χ1n) is 9.51. The summed E-state index contributed by atoms with van der Waals surface area (Å²) < 4.78 is 16.3. The minimum absolute atomic E-state index is 0.537. The van der Waals surface area contributed by atoms with Gasteiger partial charge in [-0.1, -0.05) is 0 Å². The number of carbonyl (C=O) groups excluding carboxylic acids is 3. The van der Waals surface area contributed by atoms with Crippen LogP contribution in [0.5, 0.6) is 0 Å². The van der Waals surface area contributed by atoms with E-state index in [1.165, 1.54) is 6.92 Å². The number of ether oxygens (including phenoxy) is 3. The SMILES string of the molecule is C[C@H](NC(=O)[C@@H](NC(=O)OC(C)(C)C)[C@@H](C)OC(C)(C)C)C(=O)OC(C)(C)C. The van der Waals surface area contributed by atoms with Crippen LogP contribution in [0.1, 0.15) is 76.2 Å². The van der Waals surface area contributed by atoms with Gasteiger partial charge in [0, 0.05) is 0 Å². The topological polar surface area (TPSA) is 103 Å². The zero-order valence-electron chi connectivity index (χ0n) is 19.2. The lowest BCUT2D eigenvalue weighted by Gasteiger charge is -2.32. The van der Waals surface area contributed by atoms with Crippen LogP contribution < -0.4 is 10.6 Å². The van der Waals surface area contributed by atoms with Gasteiger partial charge in [0.25, 0.3) is 0 Å². The van der Waals surface area contributed by atoms with E-state index in [0.717, 1.165) is 0 Å². The third-order valence-corrected chi connectivity index (χ3v) is 3.08. The van der Waals surface area contributed by atoms with Crippen LogP contribution >= 0.6 is 0 Å². The molecule has 28 heavy (non-hydrogen) atoms. The number of hydrogen-bond donors (Lipinski definition) is 2. The molecular formula is C20H38N2O6. The molecule has 0 spiro atoms. The smallest absolute Gasteiger partial charge is 0.408 e. The second-order valence-electron chi connectivity index (χ2n) is 9.82. The Balaban J connectivity index is 5.29. The molecule has 0 aliphatic carbocycles. The number of rotatable bonds is 6. The molecule has 2 amide bonds. The van der Waals surface area contributed by atoms with Crippen molar-refractivity contribution >= 4 is 18.0 Å². The first-order chi connectivity index (χ1) is 12.3. The van der Waals surface area contributed by atoms with Crippen LogP contribution in [0.4, 0.5) is 4.79 Å². The molecule has 3 atom stereocenters. The van der Waals surface area contributed by atoms with Gasteiger partial charge < -0.3 is 24.8 Å². The molecule has 0 aromatic heterocycles. The molecule has 0 saturated carbocycles. The van der Waals surface area contributed by atoms with Crippen molar-refractivity contribution in [1.82, 2.24) is 10.6 Å². The Labute approximate surface area is 169 Å². The summed E-state index contributed by atoms with van der Waals surface area (Å²) in [7, 11) is 0. The molecule has 0 aromatic rings. The van der Waals surface area contributed by atoms with Crippen LogP contribution in [0.3, 0.4) is 0 Å². The Morgan fingerprint density at radius 1 is 0.714 bits per heavy atom. The number of esters is 1. The minimum Gasteiger partial charge on any atom is -0.458 e. The van der Waals surface area contributed by atoms with Crippen LogP contribution in [-0.4, -0.2) is 53.0 Å². The van der Waals surface area contributed by atoms with Gasteiger partial charge in [0.15, 0.2) is 0 Å². The van der Waals surface area contributed by atoms with E-state index in [2.05, 4.69) is 10.6 Å². The third kappa shape index (κ3) is 11.8. The largest absolute Gasteiger partial charge is 0.458 e. The predicted octanol–water partition coefficient (Wildman–Crippen LogP) is 2.93. The lowest BCUT2D eigenvalue weighted by atomic mass is 10.1. The molecule has 0 rings (SSSR count). The van der Waals surface area contributed by atoms with E-state index in [0.29, 0.717) is 0 Å². The zero-order valence-corrected chi connectivity index (χ0v) is 19.2. The van der Waals surface area contributed by atoms with Gasteiger partial charge in [0.1, 0.15) is 23.3 Å². The van der Waals surface area contributed by atoms with Crippen molar-refractivity contribution < 1.29 is 28.6 Å². The van der Waals surface area contributed by atoms with Crippen molar-refractivity contribution in [3.63, 3.8) is 0 Å². The second kappa shape index (κ2) is 9.58. The van der Waals surface area contributed by atoms with Crippen LogP contribution in [0.2, 0.25) is 0 Å². The Bertz CT molecular complexity index is 555. The average Bonchev–Trinajstić information content (AvgIpc) is 2.38. The number of hydrogen-bond acceptors (Lipinski definition) is 6. The molecule has 0 heterocycles. The molecule has 0 aliphatic rings. The standard InChI is InChI=1S/C20H38N2O6/c1-12(16(24)27-19(6,7)8)21-15(23)14(13(2)26-18(3,4)5)22-17(25)28-20(9,10)11/h12-14H,1-11H3,(H,21,23)(H,22,25)/t12-,13+,14-/m0/s1. The fraction of sp³-hybridized carbons (Fsp3) is 0.850. The van der Waals surface area contributed by atoms with Gasteiger partial charge in [-0.3, -0.25) is 4.79 Å². The van der Waals surface area contributed by atoms with E-state index in [1.807, 2.05) is 20.8 Å². The first-order valence-corrected chi connectivity index (χ1v) is 9.51. The minimum atomic E-state index is -1.06. The van der Waals surface area contributed by atoms with Crippen LogP contribution in [-0.2, 0) is 23.8 Å². The molecule has 8 heteroatoms. The lowest BCUT2D eigenvalue weighted by Crippen LogP contribution is -2.57. The van der Waals surface area contributed by atoms with E-state index in [9.17, 15) is 14.4 Å². The highest BCUT2D eigenvalue weighted by molar-refractivity contribution is 5.90. The fourth-order valence-corrected chi connectivity index (χ4v) is 2.21. The highest BCUT2D eigenvalue weighted by Crippen LogP contribution is 2.15. The second-order valence-corrected chi connectivity index (χ2v) is 9.82. The number of amides is 2. The number of carbonyl (C=O) groups is 3. The molecule has 0 bridgehead atoms. The Morgan fingerprint density at radius 2 is 1.18 bits per heavy atom. The van der Waals surface area contributed by atoms with Crippen molar-refractivity contribution in [2.45, 2.75) is 111 Å². The van der Waals surface area contributed by atoms with Gasteiger partial charge in [0.05, 0.1) is 11.7 Å². The fourth-order valence-electron chi connectivity index (χ4n) is 2.21.